The fourth-order valence-electron chi connectivity index (χ4n) is 9.81. The maximum atomic E-state index is 12.6. The molecule has 0 heterocycles. The van der Waals surface area contributed by atoms with Gasteiger partial charge >= 0.3 is 0 Å². The fourth-order valence-corrected chi connectivity index (χ4v) is 9.81. The molecule has 9 heteroatoms. The summed E-state index contributed by atoms with van der Waals surface area (Å²) in [7, 11) is 0. The molecule has 4 saturated carbocycles. The van der Waals surface area contributed by atoms with E-state index in [1.807, 2.05) is 0 Å². The first kappa shape index (κ1) is 32.6. The fraction of sp³-hybridized carbons (Fsp3) is 0.938. The van der Waals surface area contributed by atoms with Crippen LogP contribution in [0.2, 0.25) is 0 Å². The minimum atomic E-state index is -0.424. The largest absolute Gasteiger partial charge is 0.393 e. The Hall–Kier alpha value is -1.26. The molecule has 236 valence electrons. The maximum absolute atomic E-state index is 12.6. The average Bonchev–Trinajstić information content (AvgIpc) is 3.30. The normalized spacial score (nSPS) is 40.7. The summed E-state index contributed by atoms with van der Waals surface area (Å²) in [5.74, 6) is 1.35. The highest BCUT2D eigenvalue weighted by atomic mass is 16.3. The van der Waals surface area contributed by atoms with Crippen molar-refractivity contribution in [3.63, 3.8) is 0 Å². The smallest absolute Gasteiger partial charge is 0.239 e. The number of hydrogen-bond donors (Lipinski definition) is 7. The van der Waals surface area contributed by atoms with Crippen molar-refractivity contribution in [3.8, 4) is 0 Å². The number of aliphatic hydroxyl groups is 3. The molecule has 0 aromatic carbocycles. The first-order valence-electron chi connectivity index (χ1n) is 16.5. The van der Waals surface area contributed by atoms with Crippen LogP contribution < -0.4 is 21.7 Å². The Morgan fingerprint density at radius 2 is 1.68 bits per heavy atom. The number of hydrogen-bond acceptors (Lipinski definition) is 7. The number of aliphatic hydroxyl groups excluding tert-OH is 3. The van der Waals surface area contributed by atoms with E-state index in [-0.39, 0.29) is 65.1 Å². The zero-order valence-corrected chi connectivity index (χ0v) is 25.7. The molecule has 8 N–H and O–H groups in total. The van der Waals surface area contributed by atoms with Gasteiger partial charge in [0.25, 0.3) is 0 Å². The van der Waals surface area contributed by atoms with Gasteiger partial charge in [-0.3, -0.25) is 9.59 Å². The van der Waals surface area contributed by atoms with E-state index in [1.54, 1.807) is 0 Å². The summed E-state index contributed by atoms with van der Waals surface area (Å²) in [4.78, 5) is 24.7. The summed E-state index contributed by atoms with van der Waals surface area (Å²) in [5.41, 5.74) is 5.27. The molecule has 0 spiro atoms. The molecule has 2 amide bonds. The van der Waals surface area contributed by atoms with Crippen molar-refractivity contribution >= 4 is 11.8 Å². The van der Waals surface area contributed by atoms with Gasteiger partial charge in [-0.1, -0.05) is 20.8 Å². The van der Waals surface area contributed by atoms with Crippen molar-refractivity contribution in [3.05, 3.63) is 0 Å². The van der Waals surface area contributed by atoms with Gasteiger partial charge in [-0.2, -0.15) is 0 Å². The van der Waals surface area contributed by atoms with Crippen LogP contribution >= 0.6 is 0 Å². The van der Waals surface area contributed by atoms with Crippen molar-refractivity contribution in [2.24, 2.45) is 52.1 Å². The van der Waals surface area contributed by atoms with Crippen molar-refractivity contribution in [2.75, 3.05) is 32.7 Å². The summed E-state index contributed by atoms with van der Waals surface area (Å²) in [6.07, 6.45) is 7.86. The molecule has 5 unspecified atom stereocenters. The standard InChI is InChI=1S/C32H58N4O5/c1-20(6-9-28(40)36-19-29(41)35-15-5-14-34-13-4-12-33)23-7-8-24-30-25(18-27(39)32(23,24)3)31(2)11-10-22(37)16-21(31)17-26(30)38/h20-27,30,34,37-39H,4-19,33H2,1-3H3,(H,35,41)(H,36,40)/t20?,21?,22-,23-,24?,25?,26-,27+,30?,31+,32-/m1/s1. The lowest BCUT2D eigenvalue weighted by molar-refractivity contribution is -0.207. The molecule has 0 aromatic heterocycles. The monoisotopic (exact) mass is 578 g/mol. The highest BCUT2D eigenvalue weighted by molar-refractivity contribution is 5.84. The molecule has 0 aromatic rings. The van der Waals surface area contributed by atoms with E-state index >= 15 is 0 Å². The highest BCUT2D eigenvalue weighted by Gasteiger charge is 2.65. The first-order valence-corrected chi connectivity index (χ1v) is 16.5. The van der Waals surface area contributed by atoms with Crippen LogP contribution in [-0.2, 0) is 9.59 Å². The second-order valence-electron chi connectivity index (χ2n) is 14.4. The zero-order chi connectivity index (χ0) is 29.8. The van der Waals surface area contributed by atoms with Crippen LogP contribution in [0.5, 0.6) is 0 Å². The van der Waals surface area contributed by atoms with E-state index in [0.29, 0.717) is 31.3 Å². The van der Waals surface area contributed by atoms with E-state index in [9.17, 15) is 24.9 Å². The van der Waals surface area contributed by atoms with Crippen LogP contribution in [0.4, 0.5) is 0 Å². The van der Waals surface area contributed by atoms with Gasteiger partial charge < -0.3 is 37.0 Å². The van der Waals surface area contributed by atoms with Crippen molar-refractivity contribution in [1.82, 2.24) is 16.0 Å². The van der Waals surface area contributed by atoms with Gasteiger partial charge in [0.15, 0.2) is 0 Å². The Balaban J connectivity index is 1.25. The van der Waals surface area contributed by atoms with Gasteiger partial charge in [0.2, 0.25) is 11.8 Å². The van der Waals surface area contributed by atoms with E-state index in [1.165, 1.54) is 0 Å². The minimum Gasteiger partial charge on any atom is -0.393 e. The minimum absolute atomic E-state index is 0.00645. The number of carbonyl (C=O) groups is 2. The van der Waals surface area contributed by atoms with E-state index in [4.69, 9.17) is 5.73 Å². The van der Waals surface area contributed by atoms with Crippen LogP contribution in [0.25, 0.3) is 0 Å². The number of fused-ring (bicyclic) bond motifs is 5. The third kappa shape index (κ3) is 6.95. The van der Waals surface area contributed by atoms with E-state index in [0.717, 1.165) is 77.3 Å². The molecule has 41 heavy (non-hydrogen) atoms. The topological polar surface area (TPSA) is 157 Å². The quantitative estimate of drug-likeness (QED) is 0.165. The molecule has 4 fully saturated rings. The van der Waals surface area contributed by atoms with Gasteiger partial charge in [-0.05, 0) is 130 Å². The second-order valence-corrected chi connectivity index (χ2v) is 14.4. The molecule has 4 aliphatic carbocycles. The summed E-state index contributed by atoms with van der Waals surface area (Å²) in [6, 6.07) is 0. The first-order chi connectivity index (χ1) is 19.5. The van der Waals surface area contributed by atoms with Crippen LogP contribution in [0.15, 0.2) is 0 Å². The lowest BCUT2D eigenvalue weighted by Crippen LogP contribution is -2.62. The van der Waals surface area contributed by atoms with Crippen molar-refractivity contribution in [1.29, 1.82) is 0 Å². The Morgan fingerprint density at radius 3 is 2.44 bits per heavy atom. The zero-order valence-electron chi connectivity index (χ0n) is 25.7. The molecule has 0 radical (unpaired) electrons. The van der Waals surface area contributed by atoms with Crippen LogP contribution in [0.1, 0.15) is 91.4 Å². The second kappa shape index (κ2) is 14.0. The van der Waals surface area contributed by atoms with Crippen LogP contribution in [-0.4, -0.2) is 78.2 Å². The van der Waals surface area contributed by atoms with Crippen LogP contribution in [0, 0.1) is 46.3 Å². The molecule has 4 aliphatic rings. The van der Waals surface area contributed by atoms with Gasteiger partial charge in [-0.15, -0.1) is 0 Å². The lowest BCUT2D eigenvalue weighted by atomic mass is 9.43. The van der Waals surface area contributed by atoms with Gasteiger partial charge in [-0.25, -0.2) is 0 Å². The molecule has 11 atom stereocenters. The third-order valence-electron chi connectivity index (χ3n) is 12.2. The lowest BCUT2D eigenvalue weighted by Gasteiger charge is -2.63. The summed E-state index contributed by atoms with van der Waals surface area (Å²) in [6.45, 7) is 9.75. The Bertz CT molecular complexity index is 890. The van der Waals surface area contributed by atoms with Crippen molar-refractivity contribution < 1.29 is 24.9 Å². The number of amides is 2. The SMILES string of the molecule is CC(CCC(=O)NCC(=O)NCCCNCCCN)[C@H]1CCC2C3C(C[C@H](O)[C@@]21C)[C@@]1(C)CC[C@@H](O)CC1C[C@H]3O. The Morgan fingerprint density at radius 1 is 0.927 bits per heavy atom. The molecular formula is C32H58N4O5. The molecule has 9 nitrogen and oxygen atoms in total. The number of rotatable bonds is 13. The molecule has 4 rings (SSSR count). The summed E-state index contributed by atoms with van der Waals surface area (Å²) in [5, 5.41) is 42.4. The number of nitrogens with one attached hydrogen (secondary N) is 3. The van der Waals surface area contributed by atoms with Crippen molar-refractivity contribution in [2.45, 2.75) is 110 Å². The Labute approximate surface area is 247 Å². The number of nitrogens with two attached hydrogens (primary N) is 1. The van der Waals surface area contributed by atoms with E-state index in [2.05, 4.69) is 36.7 Å². The summed E-state index contributed by atoms with van der Waals surface area (Å²) >= 11 is 0. The molecular weight excluding hydrogens is 520 g/mol. The maximum Gasteiger partial charge on any atom is 0.239 e. The summed E-state index contributed by atoms with van der Waals surface area (Å²) < 4.78 is 0. The predicted octanol–water partition coefficient (Wildman–Crippen LogP) is 1.93. The van der Waals surface area contributed by atoms with Gasteiger partial charge in [0.05, 0.1) is 24.9 Å². The molecule has 0 aliphatic heterocycles. The highest BCUT2D eigenvalue weighted by Crippen LogP contribution is 2.68. The van der Waals surface area contributed by atoms with Gasteiger partial charge in [0, 0.05) is 13.0 Å². The predicted molar refractivity (Wildman–Crippen MR) is 160 cm³/mol. The third-order valence-corrected chi connectivity index (χ3v) is 12.2. The van der Waals surface area contributed by atoms with E-state index < -0.39 is 6.10 Å². The van der Waals surface area contributed by atoms with Gasteiger partial charge in [0.1, 0.15) is 0 Å². The molecule has 0 bridgehead atoms. The Kier molecular flexibility index (Phi) is 11.2. The average molecular weight is 579 g/mol. The number of carbonyl (C=O) groups excluding carboxylic acids is 2. The molecule has 0 saturated heterocycles. The van der Waals surface area contributed by atoms with Crippen LogP contribution in [0.3, 0.4) is 0 Å².